The average Bonchev–Trinajstić information content (AvgIpc) is 3.07. The van der Waals surface area contributed by atoms with E-state index in [9.17, 15) is 10.1 Å². The van der Waals surface area contributed by atoms with Crippen molar-refractivity contribution in [2.45, 2.75) is 6.54 Å². The van der Waals surface area contributed by atoms with Gasteiger partial charge in [-0.15, -0.1) is 0 Å². The van der Waals surface area contributed by atoms with Crippen LogP contribution in [0, 0.1) is 11.3 Å². The standard InChI is InChI=1S/C23H19N5O2/c24-12-14-3-1-4-15(11-14)20-19-21(27-23(25)26-20)18-16(5-2-6-17(18)22(19)29)13-28-7-9-30-10-8-28/h1-6,11H,7-10,13H2,(H2,25,26,27). The molecule has 2 aliphatic rings. The van der Waals surface area contributed by atoms with Gasteiger partial charge in [0.25, 0.3) is 0 Å². The first-order chi connectivity index (χ1) is 14.7. The fourth-order valence-corrected chi connectivity index (χ4v) is 4.15. The third-order valence-corrected chi connectivity index (χ3v) is 5.55. The number of morpholine rings is 1. The molecule has 148 valence electrons. The first-order valence-corrected chi connectivity index (χ1v) is 9.81. The quantitative estimate of drug-likeness (QED) is 0.566. The van der Waals surface area contributed by atoms with Crippen molar-refractivity contribution in [2.75, 3.05) is 32.0 Å². The van der Waals surface area contributed by atoms with Crippen molar-refractivity contribution in [1.82, 2.24) is 14.9 Å². The molecule has 5 rings (SSSR count). The van der Waals surface area contributed by atoms with Crippen molar-refractivity contribution < 1.29 is 9.53 Å². The second kappa shape index (κ2) is 7.34. The highest BCUT2D eigenvalue weighted by Gasteiger charge is 2.34. The minimum Gasteiger partial charge on any atom is -0.379 e. The van der Waals surface area contributed by atoms with Gasteiger partial charge in [-0.25, -0.2) is 9.97 Å². The molecule has 0 unspecified atom stereocenters. The summed E-state index contributed by atoms with van der Waals surface area (Å²) in [6.07, 6.45) is 0. The van der Waals surface area contributed by atoms with E-state index < -0.39 is 0 Å². The number of carbonyl (C=O) groups excluding carboxylic acids is 1. The van der Waals surface area contributed by atoms with Crippen LogP contribution in [-0.4, -0.2) is 47.0 Å². The minimum absolute atomic E-state index is 0.105. The minimum atomic E-state index is -0.110. The number of aromatic nitrogens is 2. The second-order valence-electron chi connectivity index (χ2n) is 7.40. The molecule has 2 heterocycles. The first-order valence-electron chi connectivity index (χ1n) is 9.81. The lowest BCUT2D eigenvalue weighted by Crippen LogP contribution is -2.35. The van der Waals surface area contributed by atoms with Crippen molar-refractivity contribution >= 4 is 11.7 Å². The van der Waals surface area contributed by atoms with Gasteiger partial charge in [0.2, 0.25) is 5.95 Å². The lowest BCUT2D eigenvalue weighted by Gasteiger charge is -2.27. The van der Waals surface area contributed by atoms with Crippen molar-refractivity contribution in [3.8, 4) is 28.6 Å². The van der Waals surface area contributed by atoms with Gasteiger partial charge in [0.05, 0.1) is 41.8 Å². The van der Waals surface area contributed by atoms with Gasteiger partial charge in [-0.3, -0.25) is 9.69 Å². The Morgan fingerprint density at radius 2 is 1.83 bits per heavy atom. The van der Waals surface area contributed by atoms with Crippen LogP contribution in [0.1, 0.15) is 27.0 Å². The number of hydrogen-bond donors (Lipinski definition) is 1. The van der Waals surface area contributed by atoms with Crippen molar-refractivity contribution in [2.24, 2.45) is 0 Å². The fourth-order valence-electron chi connectivity index (χ4n) is 4.15. The Kier molecular flexibility index (Phi) is 4.51. The van der Waals surface area contributed by atoms with Gasteiger partial charge in [-0.2, -0.15) is 5.26 Å². The van der Waals surface area contributed by atoms with Crippen molar-refractivity contribution in [3.05, 3.63) is 64.7 Å². The molecule has 2 N–H and O–H groups in total. The monoisotopic (exact) mass is 397 g/mol. The maximum Gasteiger partial charge on any atom is 0.221 e. The summed E-state index contributed by atoms with van der Waals surface area (Å²) in [6.45, 7) is 3.83. The molecular formula is C23H19N5O2. The van der Waals surface area contributed by atoms with Crippen LogP contribution in [0.2, 0.25) is 0 Å². The molecule has 7 nitrogen and oxygen atoms in total. The number of nitrogen functional groups attached to an aromatic ring is 1. The van der Waals surface area contributed by atoms with Crippen LogP contribution in [0.25, 0.3) is 22.5 Å². The molecule has 1 fully saturated rings. The highest BCUT2D eigenvalue weighted by molar-refractivity contribution is 6.24. The van der Waals surface area contributed by atoms with Crippen LogP contribution in [0.4, 0.5) is 5.95 Å². The van der Waals surface area contributed by atoms with Gasteiger partial charge < -0.3 is 10.5 Å². The zero-order valence-corrected chi connectivity index (χ0v) is 16.3. The highest BCUT2D eigenvalue weighted by atomic mass is 16.5. The number of anilines is 1. The van der Waals surface area contributed by atoms with E-state index >= 15 is 0 Å². The third-order valence-electron chi connectivity index (χ3n) is 5.55. The number of nitrogens with zero attached hydrogens (tertiary/aromatic N) is 4. The largest absolute Gasteiger partial charge is 0.379 e. The number of fused-ring (bicyclic) bond motifs is 3. The van der Waals surface area contributed by atoms with Crippen LogP contribution in [-0.2, 0) is 11.3 Å². The summed E-state index contributed by atoms with van der Waals surface area (Å²) in [5.74, 6) is -0.00544. The molecule has 30 heavy (non-hydrogen) atoms. The topological polar surface area (TPSA) is 105 Å². The Morgan fingerprint density at radius 1 is 1.07 bits per heavy atom. The summed E-state index contributed by atoms with van der Waals surface area (Å²) in [7, 11) is 0. The third kappa shape index (κ3) is 3.03. The molecule has 0 bridgehead atoms. The summed E-state index contributed by atoms with van der Waals surface area (Å²) >= 11 is 0. The Labute approximate surface area is 173 Å². The molecular weight excluding hydrogens is 378 g/mol. The summed E-state index contributed by atoms with van der Waals surface area (Å²) in [4.78, 5) is 24.5. The molecule has 0 saturated carbocycles. The molecule has 1 aliphatic heterocycles. The smallest absolute Gasteiger partial charge is 0.221 e. The van der Waals surface area contributed by atoms with Crippen molar-refractivity contribution in [1.29, 1.82) is 5.26 Å². The zero-order chi connectivity index (χ0) is 20.7. The number of benzene rings is 2. The van der Waals surface area contributed by atoms with Crippen LogP contribution in [0.5, 0.6) is 0 Å². The highest BCUT2D eigenvalue weighted by Crippen LogP contribution is 2.42. The van der Waals surface area contributed by atoms with E-state index in [1.807, 2.05) is 24.3 Å². The molecule has 0 radical (unpaired) electrons. The molecule has 7 heteroatoms. The SMILES string of the molecule is N#Cc1cccc(-c2nc(N)nc3c2C(=O)c2cccc(CN4CCOCC4)c2-3)c1. The van der Waals surface area contributed by atoms with Crippen LogP contribution in [0.3, 0.4) is 0 Å². The summed E-state index contributed by atoms with van der Waals surface area (Å²) in [5.41, 5.74) is 11.2. The van der Waals surface area contributed by atoms with E-state index in [1.165, 1.54) is 0 Å². The van der Waals surface area contributed by atoms with Gasteiger partial charge in [0, 0.05) is 36.3 Å². The number of hydrogen-bond acceptors (Lipinski definition) is 7. The van der Waals surface area contributed by atoms with E-state index in [0.29, 0.717) is 53.4 Å². The van der Waals surface area contributed by atoms with E-state index in [0.717, 1.165) is 24.2 Å². The van der Waals surface area contributed by atoms with Gasteiger partial charge in [0.1, 0.15) is 0 Å². The Balaban J connectivity index is 1.66. The molecule has 1 aliphatic carbocycles. The number of nitriles is 1. The van der Waals surface area contributed by atoms with Gasteiger partial charge in [-0.1, -0.05) is 30.3 Å². The maximum atomic E-state index is 13.4. The molecule has 2 aromatic carbocycles. The Morgan fingerprint density at radius 3 is 2.63 bits per heavy atom. The van der Waals surface area contributed by atoms with E-state index in [2.05, 4.69) is 20.9 Å². The number of ketones is 1. The van der Waals surface area contributed by atoms with Gasteiger partial charge >= 0.3 is 0 Å². The van der Waals surface area contributed by atoms with E-state index in [4.69, 9.17) is 10.5 Å². The molecule has 3 aromatic rings. The Bertz CT molecular complexity index is 1210. The Hall–Kier alpha value is -3.60. The van der Waals surface area contributed by atoms with Crippen LogP contribution >= 0.6 is 0 Å². The number of ether oxygens (including phenoxy) is 1. The van der Waals surface area contributed by atoms with E-state index in [1.54, 1.807) is 18.2 Å². The van der Waals surface area contributed by atoms with E-state index in [-0.39, 0.29) is 11.7 Å². The summed E-state index contributed by atoms with van der Waals surface area (Å²) in [5, 5.41) is 9.26. The van der Waals surface area contributed by atoms with Crippen LogP contribution in [0.15, 0.2) is 42.5 Å². The summed E-state index contributed by atoms with van der Waals surface area (Å²) in [6, 6.07) is 14.9. The fraction of sp³-hybridized carbons (Fsp3) is 0.217. The molecule has 1 saturated heterocycles. The predicted molar refractivity (Wildman–Crippen MR) is 112 cm³/mol. The molecule has 1 aromatic heterocycles. The van der Waals surface area contributed by atoms with Gasteiger partial charge in [0.15, 0.2) is 5.78 Å². The second-order valence-corrected chi connectivity index (χ2v) is 7.40. The lowest BCUT2D eigenvalue weighted by molar-refractivity contribution is 0.0342. The molecule has 0 spiro atoms. The average molecular weight is 397 g/mol. The zero-order valence-electron chi connectivity index (χ0n) is 16.3. The predicted octanol–water partition coefficient (Wildman–Crippen LogP) is 2.64. The lowest BCUT2D eigenvalue weighted by atomic mass is 10.0. The molecule has 0 atom stereocenters. The normalized spacial score (nSPS) is 15.5. The number of nitrogens with two attached hydrogens (primary N) is 1. The number of rotatable bonds is 3. The number of carbonyl (C=O) groups is 1. The van der Waals surface area contributed by atoms with Crippen molar-refractivity contribution in [3.63, 3.8) is 0 Å². The van der Waals surface area contributed by atoms with Crippen LogP contribution < -0.4 is 5.73 Å². The molecule has 0 amide bonds. The van der Waals surface area contributed by atoms with Gasteiger partial charge in [-0.05, 0) is 17.7 Å². The maximum absolute atomic E-state index is 13.4. The first kappa shape index (κ1) is 18.4. The summed E-state index contributed by atoms with van der Waals surface area (Å²) < 4.78 is 5.45.